The van der Waals surface area contributed by atoms with E-state index in [1.165, 1.54) is 32.1 Å². The van der Waals surface area contributed by atoms with Gasteiger partial charge in [-0.2, -0.15) is 0 Å². The Bertz CT molecular complexity index is 421. The molecule has 110 valence electrons. The molecule has 1 aromatic heterocycles. The van der Waals surface area contributed by atoms with Gasteiger partial charge in [-0.1, -0.05) is 25.8 Å². The third-order valence-corrected chi connectivity index (χ3v) is 4.43. The molecule has 0 saturated heterocycles. The lowest BCUT2D eigenvalue weighted by Crippen LogP contribution is -2.42. The minimum atomic E-state index is 0.475. The largest absolute Gasteiger partial charge is 0.356 e. The summed E-state index contributed by atoms with van der Waals surface area (Å²) in [4.78, 5) is 8.60. The zero-order valence-corrected chi connectivity index (χ0v) is 12.7. The fraction of sp³-hybridized carbons (Fsp3) is 0.625. The first-order chi connectivity index (χ1) is 9.78. The number of hydrogen-bond acceptors (Lipinski definition) is 2. The van der Waals surface area contributed by atoms with Gasteiger partial charge in [-0.05, 0) is 36.8 Å². The van der Waals surface area contributed by atoms with Crippen molar-refractivity contribution >= 4 is 5.96 Å². The van der Waals surface area contributed by atoms with Crippen molar-refractivity contribution in [1.29, 1.82) is 0 Å². The molecule has 0 aliphatic heterocycles. The van der Waals surface area contributed by atoms with Gasteiger partial charge in [0.1, 0.15) is 0 Å². The number of hydrogen-bond donors (Lipinski definition) is 2. The van der Waals surface area contributed by atoms with Gasteiger partial charge in [0.15, 0.2) is 5.96 Å². The van der Waals surface area contributed by atoms with Crippen LogP contribution in [0, 0.1) is 5.41 Å². The number of nitrogens with one attached hydrogen (secondary N) is 2. The fourth-order valence-corrected chi connectivity index (χ4v) is 2.95. The van der Waals surface area contributed by atoms with Crippen LogP contribution in [0.3, 0.4) is 0 Å². The lowest BCUT2D eigenvalue weighted by Gasteiger charge is -2.28. The topological polar surface area (TPSA) is 49.3 Å². The smallest absolute Gasteiger partial charge is 0.191 e. The highest BCUT2D eigenvalue weighted by Crippen LogP contribution is 2.40. The summed E-state index contributed by atoms with van der Waals surface area (Å²) >= 11 is 0. The summed E-state index contributed by atoms with van der Waals surface area (Å²) in [5, 5.41) is 6.81. The van der Waals surface area contributed by atoms with Gasteiger partial charge in [0.05, 0.1) is 12.2 Å². The highest BCUT2D eigenvalue weighted by Gasteiger charge is 2.31. The molecule has 0 radical (unpaired) electrons. The van der Waals surface area contributed by atoms with Gasteiger partial charge < -0.3 is 10.6 Å². The Morgan fingerprint density at radius 3 is 2.70 bits per heavy atom. The molecule has 2 N–H and O–H groups in total. The molecule has 0 atom stereocenters. The van der Waals surface area contributed by atoms with E-state index >= 15 is 0 Å². The van der Waals surface area contributed by atoms with E-state index in [9.17, 15) is 0 Å². The summed E-state index contributed by atoms with van der Waals surface area (Å²) in [5.74, 6) is 0.871. The van der Waals surface area contributed by atoms with Crippen molar-refractivity contribution in [3.63, 3.8) is 0 Å². The van der Waals surface area contributed by atoms with Crippen LogP contribution in [-0.2, 0) is 6.54 Å². The predicted octanol–water partition coefficient (Wildman–Crippen LogP) is 2.72. The maximum Gasteiger partial charge on any atom is 0.191 e. The Hall–Kier alpha value is -1.58. The molecule has 20 heavy (non-hydrogen) atoms. The molecule has 1 fully saturated rings. The third kappa shape index (κ3) is 3.95. The molecule has 0 unspecified atom stereocenters. The summed E-state index contributed by atoms with van der Waals surface area (Å²) in [6.07, 6.45) is 8.49. The standard InChI is InChI=1S/C16H26N4/c1-3-16(9-5-6-10-16)13-20-15(17-2)19-12-14-8-4-7-11-18-14/h4,7-8,11H,3,5-6,9-10,12-13H2,1-2H3,(H2,17,19,20). The molecule has 1 heterocycles. The molecule has 4 nitrogen and oxygen atoms in total. The minimum Gasteiger partial charge on any atom is -0.356 e. The van der Waals surface area contributed by atoms with Gasteiger partial charge in [0.25, 0.3) is 0 Å². The Balaban J connectivity index is 1.81. The van der Waals surface area contributed by atoms with Gasteiger partial charge in [0.2, 0.25) is 0 Å². The molecule has 1 aromatic rings. The van der Waals surface area contributed by atoms with E-state index in [1.54, 1.807) is 0 Å². The summed E-state index contributed by atoms with van der Waals surface area (Å²) in [6.45, 7) is 4.03. The van der Waals surface area contributed by atoms with E-state index in [2.05, 4.69) is 27.5 Å². The van der Waals surface area contributed by atoms with Crippen molar-refractivity contribution in [3.8, 4) is 0 Å². The monoisotopic (exact) mass is 274 g/mol. The average molecular weight is 274 g/mol. The van der Waals surface area contributed by atoms with Gasteiger partial charge in [-0.25, -0.2) is 0 Å². The van der Waals surface area contributed by atoms with E-state index < -0.39 is 0 Å². The molecule has 1 aliphatic rings. The van der Waals surface area contributed by atoms with Crippen molar-refractivity contribution in [2.75, 3.05) is 13.6 Å². The highest BCUT2D eigenvalue weighted by molar-refractivity contribution is 5.79. The maximum atomic E-state index is 4.31. The first kappa shape index (κ1) is 14.8. The van der Waals surface area contributed by atoms with E-state index in [1.807, 2.05) is 31.4 Å². The fourth-order valence-electron chi connectivity index (χ4n) is 2.95. The lowest BCUT2D eigenvalue weighted by atomic mass is 9.83. The van der Waals surface area contributed by atoms with Crippen LogP contribution < -0.4 is 10.6 Å². The molecular formula is C16H26N4. The summed E-state index contributed by atoms with van der Waals surface area (Å²) < 4.78 is 0. The average Bonchev–Trinajstić information content (AvgIpc) is 2.98. The van der Waals surface area contributed by atoms with Crippen LogP contribution in [0.25, 0.3) is 0 Å². The zero-order valence-electron chi connectivity index (χ0n) is 12.7. The Kier molecular flexibility index (Phi) is 5.39. The summed E-state index contributed by atoms with van der Waals surface area (Å²) in [5.41, 5.74) is 1.50. The number of aliphatic imine (C=N–C) groups is 1. The predicted molar refractivity (Wildman–Crippen MR) is 83.6 cm³/mol. The number of guanidine groups is 1. The van der Waals surface area contributed by atoms with E-state index in [0.29, 0.717) is 12.0 Å². The van der Waals surface area contributed by atoms with Crippen LogP contribution >= 0.6 is 0 Å². The van der Waals surface area contributed by atoms with Crippen molar-refractivity contribution in [2.45, 2.75) is 45.6 Å². The van der Waals surface area contributed by atoms with Crippen molar-refractivity contribution < 1.29 is 0 Å². The van der Waals surface area contributed by atoms with Crippen LogP contribution in [0.4, 0.5) is 0 Å². The Labute approximate surface area is 122 Å². The van der Waals surface area contributed by atoms with E-state index in [-0.39, 0.29) is 0 Å². The van der Waals surface area contributed by atoms with Crippen LogP contribution in [-0.4, -0.2) is 24.5 Å². The number of rotatable bonds is 5. The third-order valence-electron chi connectivity index (χ3n) is 4.43. The number of nitrogens with zero attached hydrogens (tertiary/aromatic N) is 2. The molecule has 0 aromatic carbocycles. The molecule has 4 heteroatoms. The molecule has 1 aliphatic carbocycles. The number of pyridine rings is 1. The van der Waals surface area contributed by atoms with Gasteiger partial charge >= 0.3 is 0 Å². The maximum absolute atomic E-state index is 4.31. The second kappa shape index (κ2) is 7.27. The van der Waals surface area contributed by atoms with Gasteiger partial charge in [0, 0.05) is 19.8 Å². The Morgan fingerprint density at radius 2 is 2.10 bits per heavy atom. The normalized spacial score (nSPS) is 18.0. The van der Waals surface area contributed by atoms with Gasteiger partial charge in [-0.15, -0.1) is 0 Å². The zero-order chi connectivity index (χ0) is 14.3. The second-order valence-corrected chi connectivity index (χ2v) is 5.66. The van der Waals surface area contributed by atoms with Crippen LogP contribution in [0.1, 0.15) is 44.7 Å². The molecule has 0 amide bonds. The van der Waals surface area contributed by atoms with Crippen molar-refractivity contribution in [3.05, 3.63) is 30.1 Å². The van der Waals surface area contributed by atoms with E-state index in [4.69, 9.17) is 0 Å². The first-order valence-corrected chi connectivity index (χ1v) is 7.62. The molecule has 0 spiro atoms. The Morgan fingerprint density at radius 1 is 1.30 bits per heavy atom. The summed E-state index contributed by atoms with van der Waals surface area (Å²) in [6, 6.07) is 5.96. The van der Waals surface area contributed by atoms with Crippen molar-refractivity contribution in [1.82, 2.24) is 15.6 Å². The first-order valence-electron chi connectivity index (χ1n) is 7.62. The van der Waals surface area contributed by atoms with Crippen LogP contribution in [0.2, 0.25) is 0 Å². The summed E-state index contributed by atoms with van der Waals surface area (Å²) in [7, 11) is 1.82. The van der Waals surface area contributed by atoms with Crippen molar-refractivity contribution in [2.24, 2.45) is 10.4 Å². The van der Waals surface area contributed by atoms with Crippen LogP contribution in [0.5, 0.6) is 0 Å². The molecule has 0 bridgehead atoms. The minimum absolute atomic E-state index is 0.475. The number of aromatic nitrogens is 1. The SMILES string of the molecule is CCC1(CNC(=NC)NCc2ccccn2)CCCC1. The quantitative estimate of drug-likeness (QED) is 0.641. The highest BCUT2D eigenvalue weighted by atomic mass is 15.2. The van der Waals surface area contributed by atoms with Gasteiger partial charge in [-0.3, -0.25) is 9.98 Å². The molecule has 2 rings (SSSR count). The molecular weight excluding hydrogens is 248 g/mol. The lowest BCUT2D eigenvalue weighted by molar-refractivity contribution is 0.283. The van der Waals surface area contributed by atoms with E-state index in [0.717, 1.165) is 18.2 Å². The second-order valence-electron chi connectivity index (χ2n) is 5.66. The van der Waals surface area contributed by atoms with Crippen LogP contribution in [0.15, 0.2) is 29.4 Å². The molecule has 1 saturated carbocycles.